The van der Waals surface area contributed by atoms with Crippen LogP contribution in [0.1, 0.15) is 31.0 Å². The molecule has 4 nitrogen and oxygen atoms in total. The van der Waals surface area contributed by atoms with Gasteiger partial charge in [0.25, 0.3) is 0 Å². The van der Waals surface area contributed by atoms with Crippen molar-refractivity contribution in [1.82, 2.24) is 9.55 Å². The number of anilines is 1. The molecular formula is C26H24FN3OS. The molecular weight excluding hydrogens is 421 g/mol. The fourth-order valence-corrected chi connectivity index (χ4v) is 5.53. The summed E-state index contributed by atoms with van der Waals surface area (Å²) in [4.78, 5) is 19.2. The molecule has 1 amide bonds. The summed E-state index contributed by atoms with van der Waals surface area (Å²) in [7, 11) is 0. The molecule has 3 aromatic carbocycles. The third-order valence-electron chi connectivity index (χ3n) is 5.87. The van der Waals surface area contributed by atoms with Crippen LogP contribution in [0.4, 0.5) is 10.1 Å². The number of imidazole rings is 1. The standard InChI is InChI=1S/C26H24FN3OS/c1-15(2)30-21-14-18(27)11-12-20(21)28-25(30)19-9-6-7-16(3)24(19)29-26(31)23-13-17-8-4-5-10-22(17)32-23/h4-12,14-15,23H,13H2,1-3H3,(H,29,31)/t23-/m1/s1. The SMILES string of the molecule is Cc1cccc(-c2nc3ccc(F)cc3n2C(C)C)c1NC(=O)[C@H]1Cc2ccccc2S1. The van der Waals surface area contributed by atoms with Gasteiger partial charge in [-0.2, -0.15) is 0 Å². The van der Waals surface area contributed by atoms with E-state index in [1.54, 1.807) is 17.8 Å². The van der Waals surface area contributed by atoms with Crippen molar-refractivity contribution in [2.75, 3.05) is 5.32 Å². The molecule has 2 heterocycles. The fourth-order valence-electron chi connectivity index (χ4n) is 4.33. The zero-order valence-corrected chi connectivity index (χ0v) is 19.0. The van der Waals surface area contributed by atoms with Crippen molar-refractivity contribution < 1.29 is 9.18 Å². The molecule has 0 fully saturated rings. The number of hydrogen-bond acceptors (Lipinski definition) is 3. The number of aromatic nitrogens is 2. The smallest absolute Gasteiger partial charge is 0.238 e. The number of hydrogen-bond donors (Lipinski definition) is 1. The monoisotopic (exact) mass is 445 g/mol. The second-order valence-electron chi connectivity index (χ2n) is 8.44. The van der Waals surface area contributed by atoms with Gasteiger partial charge in [-0.15, -0.1) is 11.8 Å². The lowest BCUT2D eigenvalue weighted by Crippen LogP contribution is -2.25. The van der Waals surface area contributed by atoms with Crippen molar-refractivity contribution in [2.24, 2.45) is 0 Å². The summed E-state index contributed by atoms with van der Waals surface area (Å²) in [5.74, 6) is 0.420. The predicted octanol–water partition coefficient (Wildman–Crippen LogP) is 6.39. The number of fused-ring (bicyclic) bond motifs is 2. The molecule has 1 aromatic heterocycles. The molecule has 1 aliphatic rings. The second kappa shape index (κ2) is 8.10. The number of nitrogens with one attached hydrogen (secondary N) is 1. The van der Waals surface area contributed by atoms with Gasteiger partial charge in [0.1, 0.15) is 11.6 Å². The van der Waals surface area contributed by atoms with Gasteiger partial charge in [-0.05, 0) is 68.7 Å². The van der Waals surface area contributed by atoms with Crippen molar-refractivity contribution >= 4 is 34.4 Å². The first-order valence-corrected chi connectivity index (χ1v) is 11.6. The molecule has 1 atom stereocenters. The lowest BCUT2D eigenvalue weighted by Gasteiger charge is -2.18. The minimum Gasteiger partial charge on any atom is -0.324 e. The Labute approximate surface area is 190 Å². The van der Waals surface area contributed by atoms with Crippen molar-refractivity contribution in [2.45, 2.75) is 43.4 Å². The van der Waals surface area contributed by atoms with Gasteiger partial charge in [0.2, 0.25) is 5.91 Å². The van der Waals surface area contributed by atoms with Gasteiger partial charge in [-0.3, -0.25) is 4.79 Å². The van der Waals surface area contributed by atoms with Gasteiger partial charge in [0, 0.05) is 16.5 Å². The number of carbonyl (C=O) groups is 1. The highest BCUT2D eigenvalue weighted by molar-refractivity contribution is 8.01. The van der Waals surface area contributed by atoms with Crippen LogP contribution in [0.25, 0.3) is 22.4 Å². The quantitative estimate of drug-likeness (QED) is 0.396. The molecule has 1 aliphatic heterocycles. The number of halogens is 1. The molecule has 5 rings (SSSR count). The normalized spacial score (nSPS) is 15.3. The molecule has 1 N–H and O–H groups in total. The van der Waals surface area contributed by atoms with Gasteiger partial charge in [0.15, 0.2) is 0 Å². The van der Waals surface area contributed by atoms with E-state index >= 15 is 0 Å². The van der Waals surface area contributed by atoms with Crippen LogP contribution >= 0.6 is 11.8 Å². The van der Waals surface area contributed by atoms with Gasteiger partial charge in [-0.25, -0.2) is 9.37 Å². The molecule has 162 valence electrons. The molecule has 6 heteroatoms. The summed E-state index contributed by atoms with van der Waals surface area (Å²) < 4.78 is 16.0. The highest BCUT2D eigenvalue weighted by Crippen LogP contribution is 2.39. The number of nitrogens with zero attached hydrogens (tertiary/aromatic N) is 2. The number of amides is 1. The summed E-state index contributed by atoms with van der Waals surface area (Å²) >= 11 is 1.61. The van der Waals surface area contributed by atoms with E-state index in [0.29, 0.717) is 0 Å². The summed E-state index contributed by atoms with van der Waals surface area (Å²) in [5.41, 5.74) is 5.25. The Morgan fingerprint density at radius 2 is 1.97 bits per heavy atom. The Hall–Kier alpha value is -3.12. The third-order valence-corrected chi connectivity index (χ3v) is 7.19. The van der Waals surface area contributed by atoms with E-state index in [1.165, 1.54) is 22.6 Å². The average Bonchev–Trinajstić information content (AvgIpc) is 3.36. The maximum Gasteiger partial charge on any atom is 0.238 e. The average molecular weight is 446 g/mol. The summed E-state index contributed by atoms with van der Waals surface area (Å²) in [6.45, 7) is 6.09. The molecule has 0 unspecified atom stereocenters. The molecule has 0 spiro atoms. The first-order chi connectivity index (χ1) is 15.4. The summed E-state index contributed by atoms with van der Waals surface area (Å²) in [6, 6.07) is 18.8. The molecule has 4 aromatic rings. The van der Waals surface area contributed by atoms with Crippen molar-refractivity contribution in [3.05, 3.63) is 77.6 Å². The molecule has 0 saturated carbocycles. The van der Waals surface area contributed by atoms with E-state index in [1.807, 2.05) is 41.8 Å². The number of para-hydroxylation sites is 1. The molecule has 0 aliphatic carbocycles. The predicted molar refractivity (Wildman–Crippen MR) is 129 cm³/mol. The van der Waals surface area contributed by atoms with Gasteiger partial charge < -0.3 is 9.88 Å². The fraction of sp³-hybridized carbons (Fsp3) is 0.231. The van der Waals surface area contributed by atoms with E-state index in [0.717, 1.165) is 40.1 Å². The Bertz CT molecular complexity index is 1320. The van der Waals surface area contributed by atoms with E-state index in [4.69, 9.17) is 4.98 Å². The summed E-state index contributed by atoms with van der Waals surface area (Å²) in [5, 5.41) is 3.02. The third kappa shape index (κ3) is 3.58. The maximum absolute atomic E-state index is 14.0. The van der Waals surface area contributed by atoms with Crippen LogP contribution < -0.4 is 5.32 Å². The highest BCUT2D eigenvalue weighted by Gasteiger charge is 2.29. The van der Waals surface area contributed by atoms with Gasteiger partial charge in [0.05, 0.1) is 22.0 Å². The van der Waals surface area contributed by atoms with Crippen LogP contribution in [0.15, 0.2) is 65.6 Å². The number of rotatable bonds is 4. The first kappa shape index (κ1) is 20.8. The van der Waals surface area contributed by atoms with Crippen LogP contribution in [0.5, 0.6) is 0 Å². The Morgan fingerprint density at radius 3 is 2.75 bits per heavy atom. The van der Waals surface area contributed by atoms with Gasteiger partial charge in [-0.1, -0.05) is 30.3 Å². The van der Waals surface area contributed by atoms with Crippen molar-refractivity contribution in [1.29, 1.82) is 0 Å². The highest BCUT2D eigenvalue weighted by atomic mass is 32.2. The van der Waals surface area contributed by atoms with Crippen molar-refractivity contribution in [3.63, 3.8) is 0 Å². The Balaban J connectivity index is 1.55. The van der Waals surface area contributed by atoms with E-state index in [-0.39, 0.29) is 23.0 Å². The number of carbonyl (C=O) groups excluding carboxylic acids is 1. The van der Waals surface area contributed by atoms with E-state index in [2.05, 4.69) is 31.3 Å². The molecule has 0 radical (unpaired) electrons. The topological polar surface area (TPSA) is 46.9 Å². The van der Waals surface area contributed by atoms with Crippen LogP contribution in [0.2, 0.25) is 0 Å². The molecule has 0 bridgehead atoms. The number of benzene rings is 3. The molecule has 0 saturated heterocycles. The zero-order chi connectivity index (χ0) is 22.4. The van der Waals surface area contributed by atoms with Crippen LogP contribution in [0, 0.1) is 12.7 Å². The minimum absolute atomic E-state index is 0.0139. The number of aryl methyl sites for hydroxylation is 1. The largest absolute Gasteiger partial charge is 0.324 e. The lowest BCUT2D eigenvalue weighted by molar-refractivity contribution is -0.115. The summed E-state index contributed by atoms with van der Waals surface area (Å²) in [6.07, 6.45) is 0.720. The van der Waals surface area contributed by atoms with Crippen LogP contribution in [-0.4, -0.2) is 20.7 Å². The van der Waals surface area contributed by atoms with Crippen molar-refractivity contribution in [3.8, 4) is 11.4 Å². The van der Waals surface area contributed by atoms with Gasteiger partial charge >= 0.3 is 0 Å². The lowest BCUT2D eigenvalue weighted by atomic mass is 10.1. The zero-order valence-electron chi connectivity index (χ0n) is 18.2. The van der Waals surface area contributed by atoms with Crippen LogP contribution in [0.3, 0.4) is 0 Å². The minimum atomic E-state index is -0.290. The van der Waals surface area contributed by atoms with E-state index < -0.39 is 0 Å². The maximum atomic E-state index is 14.0. The van der Waals surface area contributed by atoms with Crippen LogP contribution in [-0.2, 0) is 11.2 Å². The Morgan fingerprint density at radius 1 is 1.16 bits per heavy atom. The first-order valence-electron chi connectivity index (χ1n) is 10.8. The second-order valence-corrected chi connectivity index (χ2v) is 9.68. The van der Waals surface area contributed by atoms with E-state index in [9.17, 15) is 9.18 Å². The Kier molecular flexibility index (Phi) is 5.25. The molecule has 32 heavy (non-hydrogen) atoms. The number of thioether (sulfide) groups is 1.